The molecule has 2 rings (SSSR count). The van der Waals surface area contributed by atoms with Crippen LogP contribution in [0.25, 0.3) is 6.08 Å². The highest BCUT2D eigenvalue weighted by molar-refractivity contribution is 6.32. The van der Waals surface area contributed by atoms with Gasteiger partial charge in [-0.15, -0.1) is 6.58 Å². The maximum atomic E-state index is 6.12. The molecule has 1 heterocycles. The van der Waals surface area contributed by atoms with E-state index in [1.807, 2.05) is 30.3 Å². The molecule has 0 atom stereocenters. The number of hydrogen-bond acceptors (Lipinski definition) is 1. The second-order valence-electron chi connectivity index (χ2n) is 4.43. The van der Waals surface area contributed by atoms with Gasteiger partial charge >= 0.3 is 0 Å². The van der Waals surface area contributed by atoms with E-state index in [0.717, 1.165) is 36.6 Å². The molecule has 1 nitrogen and oxygen atoms in total. The van der Waals surface area contributed by atoms with E-state index in [-0.39, 0.29) is 0 Å². The molecular formula is C16H18ClN. The van der Waals surface area contributed by atoms with Crippen LogP contribution in [0.4, 0.5) is 0 Å². The van der Waals surface area contributed by atoms with Gasteiger partial charge in [-0.3, -0.25) is 4.90 Å². The Morgan fingerprint density at radius 1 is 1.28 bits per heavy atom. The summed E-state index contributed by atoms with van der Waals surface area (Å²) in [7, 11) is 0. The zero-order valence-corrected chi connectivity index (χ0v) is 11.2. The zero-order chi connectivity index (χ0) is 12.8. The molecule has 0 aromatic heterocycles. The quantitative estimate of drug-likeness (QED) is 0.734. The van der Waals surface area contributed by atoms with Gasteiger partial charge in [-0.1, -0.05) is 54.1 Å². The summed E-state index contributed by atoms with van der Waals surface area (Å²) in [5.41, 5.74) is 2.46. The maximum Gasteiger partial charge on any atom is 0.0478 e. The fourth-order valence-corrected chi connectivity index (χ4v) is 2.23. The van der Waals surface area contributed by atoms with Crippen molar-refractivity contribution in [3.8, 4) is 0 Å². The first-order chi connectivity index (χ1) is 8.79. The fourth-order valence-electron chi connectivity index (χ4n) is 2.03. The molecule has 0 N–H and O–H groups in total. The molecule has 0 aliphatic carbocycles. The fraction of sp³-hybridized carbons (Fsp3) is 0.250. The van der Waals surface area contributed by atoms with E-state index < -0.39 is 0 Å². The number of benzene rings is 1. The maximum absolute atomic E-state index is 6.12. The predicted molar refractivity (Wildman–Crippen MR) is 79.8 cm³/mol. The van der Waals surface area contributed by atoms with Crippen LogP contribution in [0.1, 0.15) is 12.0 Å². The Kier molecular flexibility index (Phi) is 4.80. The van der Waals surface area contributed by atoms with Crippen LogP contribution in [-0.2, 0) is 0 Å². The van der Waals surface area contributed by atoms with E-state index >= 15 is 0 Å². The molecule has 1 aromatic rings. The van der Waals surface area contributed by atoms with E-state index in [2.05, 4.69) is 29.7 Å². The standard InChI is InChI=1S/C16H18ClN/c1-2-11-18-12-9-14(10-13-18)7-8-15-5-3-4-6-16(15)17/h2-9H,1,10-13H2/b8-7+. The molecule has 2 heteroatoms. The Bertz CT molecular complexity index is 474. The predicted octanol–water partition coefficient (Wildman–Crippen LogP) is 4.17. The summed E-state index contributed by atoms with van der Waals surface area (Å²) >= 11 is 6.12. The van der Waals surface area contributed by atoms with Gasteiger partial charge in [0.1, 0.15) is 0 Å². The first-order valence-electron chi connectivity index (χ1n) is 6.24. The lowest BCUT2D eigenvalue weighted by Gasteiger charge is -2.23. The van der Waals surface area contributed by atoms with Gasteiger partial charge in [0.25, 0.3) is 0 Å². The molecule has 1 aromatic carbocycles. The van der Waals surface area contributed by atoms with Crippen LogP contribution in [0.3, 0.4) is 0 Å². The second kappa shape index (κ2) is 6.58. The average molecular weight is 260 g/mol. The Hall–Kier alpha value is -1.31. The number of nitrogens with zero attached hydrogens (tertiary/aromatic N) is 1. The third kappa shape index (κ3) is 3.59. The molecule has 94 valence electrons. The third-order valence-electron chi connectivity index (χ3n) is 3.10. The average Bonchev–Trinajstić information content (AvgIpc) is 2.40. The van der Waals surface area contributed by atoms with Crippen LogP contribution in [0.2, 0.25) is 5.02 Å². The Morgan fingerprint density at radius 2 is 2.11 bits per heavy atom. The van der Waals surface area contributed by atoms with E-state index in [1.165, 1.54) is 5.57 Å². The summed E-state index contributed by atoms with van der Waals surface area (Å²) < 4.78 is 0. The SMILES string of the molecule is C=CCN1CC=C(/C=C/c2ccccc2Cl)CC1. The van der Waals surface area contributed by atoms with Crippen LogP contribution in [0, 0.1) is 0 Å². The van der Waals surface area contributed by atoms with Crippen molar-refractivity contribution in [1.82, 2.24) is 4.90 Å². The van der Waals surface area contributed by atoms with Gasteiger partial charge in [0, 0.05) is 24.7 Å². The van der Waals surface area contributed by atoms with Gasteiger partial charge in [0.2, 0.25) is 0 Å². The first-order valence-corrected chi connectivity index (χ1v) is 6.62. The number of halogens is 1. The van der Waals surface area contributed by atoms with Crippen LogP contribution in [0.15, 0.2) is 54.6 Å². The Morgan fingerprint density at radius 3 is 2.78 bits per heavy atom. The van der Waals surface area contributed by atoms with Gasteiger partial charge in [0.15, 0.2) is 0 Å². The highest BCUT2D eigenvalue weighted by Crippen LogP contribution is 2.19. The first kappa shape index (κ1) is 13.1. The summed E-state index contributed by atoms with van der Waals surface area (Å²) in [6.45, 7) is 6.85. The minimum Gasteiger partial charge on any atom is -0.296 e. The highest BCUT2D eigenvalue weighted by Gasteiger charge is 2.07. The Balaban J connectivity index is 1.99. The van der Waals surface area contributed by atoms with E-state index in [9.17, 15) is 0 Å². The van der Waals surface area contributed by atoms with Gasteiger partial charge in [-0.2, -0.15) is 0 Å². The molecular weight excluding hydrogens is 242 g/mol. The number of allylic oxidation sites excluding steroid dienone is 1. The number of hydrogen-bond donors (Lipinski definition) is 0. The molecule has 0 radical (unpaired) electrons. The van der Waals surface area contributed by atoms with Crippen molar-refractivity contribution in [3.63, 3.8) is 0 Å². The van der Waals surface area contributed by atoms with Crippen molar-refractivity contribution in [2.45, 2.75) is 6.42 Å². The minimum atomic E-state index is 0.804. The number of rotatable bonds is 4. The smallest absolute Gasteiger partial charge is 0.0478 e. The lowest BCUT2D eigenvalue weighted by Crippen LogP contribution is -2.28. The molecule has 0 amide bonds. The monoisotopic (exact) mass is 259 g/mol. The topological polar surface area (TPSA) is 3.24 Å². The molecule has 1 aliphatic rings. The van der Waals surface area contributed by atoms with Crippen molar-refractivity contribution in [2.75, 3.05) is 19.6 Å². The van der Waals surface area contributed by atoms with Gasteiger partial charge in [-0.05, 0) is 23.6 Å². The zero-order valence-electron chi connectivity index (χ0n) is 10.5. The van der Waals surface area contributed by atoms with Gasteiger partial charge in [0.05, 0.1) is 0 Å². The van der Waals surface area contributed by atoms with Crippen LogP contribution >= 0.6 is 11.6 Å². The molecule has 18 heavy (non-hydrogen) atoms. The molecule has 0 unspecified atom stereocenters. The van der Waals surface area contributed by atoms with Crippen molar-refractivity contribution in [3.05, 3.63) is 65.2 Å². The highest BCUT2D eigenvalue weighted by atomic mass is 35.5. The third-order valence-corrected chi connectivity index (χ3v) is 3.44. The molecule has 0 saturated carbocycles. The summed E-state index contributed by atoms with van der Waals surface area (Å²) in [4.78, 5) is 2.37. The summed E-state index contributed by atoms with van der Waals surface area (Å²) in [5.74, 6) is 0. The van der Waals surface area contributed by atoms with Crippen LogP contribution in [0.5, 0.6) is 0 Å². The van der Waals surface area contributed by atoms with E-state index in [0.29, 0.717) is 0 Å². The molecule has 0 saturated heterocycles. The van der Waals surface area contributed by atoms with Crippen LogP contribution in [-0.4, -0.2) is 24.5 Å². The molecule has 0 bridgehead atoms. The van der Waals surface area contributed by atoms with Crippen LogP contribution < -0.4 is 0 Å². The van der Waals surface area contributed by atoms with E-state index in [4.69, 9.17) is 11.6 Å². The lowest BCUT2D eigenvalue weighted by atomic mass is 10.1. The summed E-state index contributed by atoms with van der Waals surface area (Å²) in [5, 5.41) is 0.804. The van der Waals surface area contributed by atoms with E-state index in [1.54, 1.807) is 0 Å². The van der Waals surface area contributed by atoms with Crippen molar-refractivity contribution in [1.29, 1.82) is 0 Å². The molecule has 0 fully saturated rings. The van der Waals surface area contributed by atoms with Gasteiger partial charge < -0.3 is 0 Å². The van der Waals surface area contributed by atoms with Crippen molar-refractivity contribution < 1.29 is 0 Å². The normalized spacial score (nSPS) is 16.8. The molecule has 1 aliphatic heterocycles. The minimum absolute atomic E-state index is 0.804. The van der Waals surface area contributed by atoms with Crippen molar-refractivity contribution >= 4 is 17.7 Å². The van der Waals surface area contributed by atoms with Crippen molar-refractivity contribution in [2.24, 2.45) is 0 Å². The largest absolute Gasteiger partial charge is 0.296 e. The summed E-state index contributed by atoms with van der Waals surface area (Å²) in [6, 6.07) is 7.91. The second-order valence-corrected chi connectivity index (χ2v) is 4.84. The Labute approximate surface area is 114 Å². The molecule has 0 spiro atoms. The lowest BCUT2D eigenvalue weighted by molar-refractivity contribution is 0.327. The summed E-state index contributed by atoms with van der Waals surface area (Å²) in [6.07, 6.45) is 9.59. The van der Waals surface area contributed by atoms with Gasteiger partial charge in [-0.25, -0.2) is 0 Å².